The van der Waals surface area contributed by atoms with Gasteiger partial charge in [-0.3, -0.25) is 9.59 Å². The van der Waals surface area contributed by atoms with E-state index in [0.717, 1.165) is 22.3 Å². The lowest BCUT2D eigenvalue weighted by molar-refractivity contribution is -0.138. The molecule has 3 N–H and O–H groups in total. The minimum atomic E-state index is -0.984. The molecule has 0 spiro atoms. The zero-order valence-corrected chi connectivity index (χ0v) is 20.4. The highest BCUT2D eigenvalue weighted by Gasteiger charge is 2.40. The van der Waals surface area contributed by atoms with Crippen LogP contribution in [0.4, 0.5) is 4.79 Å². The number of carboxylic acid groups (broad SMARTS) is 1. The van der Waals surface area contributed by atoms with E-state index in [9.17, 15) is 14.4 Å². The first-order valence-corrected chi connectivity index (χ1v) is 11.7. The number of carbonyl (C=O) groups is 3. The van der Waals surface area contributed by atoms with Gasteiger partial charge in [-0.25, -0.2) is 4.79 Å². The van der Waals surface area contributed by atoms with E-state index in [4.69, 9.17) is 9.84 Å². The molecule has 0 radical (unpaired) electrons. The molecule has 7 nitrogen and oxygen atoms in total. The second-order valence-corrected chi connectivity index (χ2v) is 9.89. The third kappa shape index (κ3) is 5.41. The summed E-state index contributed by atoms with van der Waals surface area (Å²) in [6, 6.07) is 15.2. The number of amides is 2. The third-order valence-electron chi connectivity index (χ3n) is 6.50. The quantitative estimate of drug-likeness (QED) is 0.503. The summed E-state index contributed by atoms with van der Waals surface area (Å²) in [6.45, 7) is 9.15. The Hall–Kier alpha value is -3.35. The van der Waals surface area contributed by atoms with Gasteiger partial charge in [-0.2, -0.15) is 0 Å². The Bertz CT molecular complexity index is 1020. The van der Waals surface area contributed by atoms with Gasteiger partial charge >= 0.3 is 12.1 Å². The van der Waals surface area contributed by atoms with Gasteiger partial charge in [0.1, 0.15) is 6.61 Å². The number of alkyl carbamates (subject to hydrolysis) is 1. The Morgan fingerprint density at radius 1 is 0.941 bits per heavy atom. The van der Waals surface area contributed by atoms with Gasteiger partial charge in [0.25, 0.3) is 0 Å². The topological polar surface area (TPSA) is 105 Å². The van der Waals surface area contributed by atoms with Crippen molar-refractivity contribution < 1.29 is 24.2 Å². The normalized spacial score (nSPS) is 14.6. The van der Waals surface area contributed by atoms with Gasteiger partial charge in [0.05, 0.1) is 11.8 Å². The highest BCUT2D eigenvalue weighted by atomic mass is 16.5. The Labute approximate surface area is 200 Å². The smallest absolute Gasteiger partial charge is 0.407 e. The molecule has 34 heavy (non-hydrogen) atoms. The molecule has 0 aromatic heterocycles. The van der Waals surface area contributed by atoms with E-state index < -0.39 is 29.6 Å². The fourth-order valence-corrected chi connectivity index (χ4v) is 4.81. The highest BCUT2D eigenvalue weighted by Crippen LogP contribution is 2.44. The van der Waals surface area contributed by atoms with Crippen molar-refractivity contribution in [2.75, 3.05) is 6.61 Å². The van der Waals surface area contributed by atoms with Crippen LogP contribution >= 0.6 is 0 Å². The first-order chi connectivity index (χ1) is 16.0. The molecule has 1 unspecified atom stereocenters. The maximum Gasteiger partial charge on any atom is 0.407 e. The first kappa shape index (κ1) is 25.3. The number of fused-ring (bicyclic) bond motifs is 3. The van der Waals surface area contributed by atoms with Crippen LogP contribution in [0.1, 0.15) is 58.1 Å². The Morgan fingerprint density at radius 3 is 1.97 bits per heavy atom. The third-order valence-corrected chi connectivity index (χ3v) is 6.50. The number of rotatable bonds is 9. The van der Waals surface area contributed by atoms with Crippen LogP contribution in [0.25, 0.3) is 11.1 Å². The van der Waals surface area contributed by atoms with Crippen molar-refractivity contribution in [3.8, 4) is 11.1 Å². The van der Waals surface area contributed by atoms with E-state index in [1.165, 1.54) is 0 Å². The molecule has 0 bridgehead atoms. The summed E-state index contributed by atoms with van der Waals surface area (Å²) in [6.07, 6.45) is -0.756. The molecule has 7 heteroatoms. The summed E-state index contributed by atoms with van der Waals surface area (Å²) in [5.74, 6) is -1.42. The minimum Gasteiger partial charge on any atom is -0.481 e. The Balaban J connectivity index is 1.68. The number of hydrogen-bond acceptors (Lipinski definition) is 4. The van der Waals surface area contributed by atoms with Gasteiger partial charge in [-0.05, 0) is 48.9 Å². The molecule has 1 aliphatic carbocycles. The van der Waals surface area contributed by atoms with E-state index in [2.05, 4.69) is 34.9 Å². The van der Waals surface area contributed by atoms with E-state index in [0.29, 0.717) is 0 Å². The SMILES string of the molecule is CC(C)C(NC(=O)OCC1c2ccccc2-c2ccccc21)C(C)(C)C(=O)N[C@@H](C)CC(=O)O. The van der Waals surface area contributed by atoms with Gasteiger partial charge in [0, 0.05) is 18.0 Å². The second kappa shape index (κ2) is 10.3. The fourth-order valence-electron chi connectivity index (χ4n) is 4.81. The molecule has 2 amide bonds. The van der Waals surface area contributed by atoms with E-state index >= 15 is 0 Å². The number of aliphatic carboxylic acids is 1. The molecule has 0 fully saturated rings. The van der Waals surface area contributed by atoms with Crippen LogP contribution in [0.15, 0.2) is 48.5 Å². The molecular weight excluding hydrogens is 432 g/mol. The lowest BCUT2D eigenvalue weighted by Gasteiger charge is -2.36. The molecule has 0 saturated carbocycles. The maximum absolute atomic E-state index is 12.9. The van der Waals surface area contributed by atoms with Crippen molar-refractivity contribution in [3.05, 3.63) is 59.7 Å². The van der Waals surface area contributed by atoms with Crippen LogP contribution in [-0.4, -0.2) is 41.8 Å². The number of carboxylic acids is 1. The standard InChI is InChI=1S/C27H34N2O5/c1-16(2)24(27(4,5)25(32)28-17(3)14-23(30)31)29-26(33)34-15-22-20-12-8-6-10-18(20)19-11-7-9-13-21(19)22/h6-13,16-17,22,24H,14-15H2,1-5H3,(H,28,32)(H,29,33)(H,30,31)/t17-,24?/m0/s1. The van der Waals surface area contributed by atoms with Gasteiger partial charge in [0.2, 0.25) is 5.91 Å². The predicted octanol–water partition coefficient (Wildman–Crippen LogP) is 4.56. The van der Waals surface area contributed by atoms with Gasteiger partial charge in [0.15, 0.2) is 0 Å². The lowest BCUT2D eigenvalue weighted by atomic mass is 9.77. The Kier molecular flexibility index (Phi) is 7.64. The number of nitrogens with one attached hydrogen (secondary N) is 2. The Morgan fingerprint density at radius 2 is 1.47 bits per heavy atom. The van der Waals surface area contributed by atoms with Crippen LogP contribution in [0.3, 0.4) is 0 Å². The number of carbonyl (C=O) groups excluding carboxylic acids is 2. The molecule has 0 aliphatic heterocycles. The number of benzene rings is 2. The molecular formula is C27H34N2O5. The second-order valence-electron chi connectivity index (χ2n) is 9.89. The zero-order valence-electron chi connectivity index (χ0n) is 20.4. The average Bonchev–Trinajstić information content (AvgIpc) is 3.09. The largest absolute Gasteiger partial charge is 0.481 e. The summed E-state index contributed by atoms with van der Waals surface area (Å²) >= 11 is 0. The van der Waals surface area contributed by atoms with E-state index in [-0.39, 0.29) is 30.8 Å². The summed E-state index contributed by atoms with van der Waals surface area (Å²) < 4.78 is 5.67. The molecule has 2 aromatic carbocycles. The van der Waals surface area contributed by atoms with Crippen LogP contribution in [0.2, 0.25) is 0 Å². The summed E-state index contributed by atoms with van der Waals surface area (Å²) in [7, 11) is 0. The van der Waals surface area contributed by atoms with Crippen molar-refractivity contribution >= 4 is 18.0 Å². The van der Waals surface area contributed by atoms with Crippen molar-refractivity contribution in [2.24, 2.45) is 11.3 Å². The average molecular weight is 467 g/mol. The van der Waals surface area contributed by atoms with Gasteiger partial charge in [-0.15, -0.1) is 0 Å². The molecule has 2 atom stereocenters. The first-order valence-electron chi connectivity index (χ1n) is 11.7. The molecule has 0 saturated heterocycles. The summed E-state index contributed by atoms with van der Waals surface area (Å²) in [5.41, 5.74) is 3.58. The molecule has 3 rings (SSSR count). The lowest BCUT2D eigenvalue weighted by Crippen LogP contribution is -2.56. The van der Waals surface area contributed by atoms with Crippen molar-refractivity contribution in [3.63, 3.8) is 0 Å². The van der Waals surface area contributed by atoms with Crippen molar-refractivity contribution in [1.29, 1.82) is 0 Å². The zero-order chi connectivity index (χ0) is 25.0. The minimum absolute atomic E-state index is 0.0520. The molecule has 2 aromatic rings. The van der Waals surface area contributed by atoms with E-state index in [1.54, 1.807) is 20.8 Å². The molecule has 182 valence electrons. The van der Waals surface area contributed by atoms with Crippen molar-refractivity contribution in [1.82, 2.24) is 10.6 Å². The van der Waals surface area contributed by atoms with Crippen LogP contribution in [0.5, 0.6) is 0 Å². The highest BCUT2D eigenvalue weighted by molar-refractivity contribution is 5.84. The molecule has 1 aliphatic rings. The van der Waals surface area contributed by atoms with E-state index in [1.807, 2.05) is 38.1 Å². The fraction of sp³-hybridized carbons (Fsp3) is 0.444. The molecule has 0 heterocycles. The monoisotopic (exact) mass is 466 g/mol. The maximum atomic E-state index is 12.9. The predicted molar refractivity (Wildman–Crippen MR) is 130 cm³/mol. The van der Waals surface area contributed by atoms with Crippen LogP contribution < -0.4 is 10.6 Å². The van der Waals surface area contributed by atoms with Crippen LogP contribution in [0, 0.1) is 11.3 Å². The van der Waals surface area contributed by atoms with Crippen molar-refractivity contribution in [2.45, 2.75) is 59.0 Å². The summed E-state index contributed by atoms with van der Waals surface area (Å²) in [4.78, 5) is 36.7. The number of ether oxygens (including phenoxy) is 1. The van der Waals surface area contributed by atoms with Crippen LogP contribution in [-0.2, 0) is 14.3 Å². The summed E-state index contributed by atoms with van der Waals surface area (Å²) in [5, 5.41) is 14.6. The van der Waals surface area contributed by atoms with Gasteiger partial charge < -0.3 is 20.5 Å². The van der Waals surface area contributed by atoms with Gasteiger partial charge in [-0.1, -0.05) is 62.4 Å². The number of hydrogen-bond donors (Lipinski definition) is 3.